The summed E-state index contributed by atoms with van der Waals surface area (Å²) in [7, 11) is 0. The number of aromatic amines is 1. The number of rotatable bonds is 9. The molecule has 3 N–H and O–H groups in total. The van der Waals surface area contributed by atoms with E-state index in [1.165, 1.54) is 0 Å². The van der Waals surface area contributed by atoms with Gasteiger partial charge in [-0.2, -0.15) is 12.6 Å². The lowest BCUT2D eigenvalue weighted by Gasteiger charge is -2.12. The summed E-state index contributed by atoms with van der Waals surface area (Å²) in [5.74, 6) is 0.207. The van der Waals surface area contributed by atoms with Gasteiger partial charge in [-0.3, -0.25) is 9.59 Å². The predicted molar refractivity (Wildman–Crippen MR) is 133 cm³/mol. The lowest BCUT2D eigenvalue weighted by Crippen LogP contribution is -2.38. The van der Waals surface area contributed by atoms with Gasteiger partial charge in [0, 0.05) is 24.2 Å². The number of tetrazole rings is 1. The molecule has 34 heavy (non-hydrogen) atoms. The van der Waals surface area contributed by atoms with E-state index in [0.29, 0.717) is 30.9 Å². The molecule has 0 aliphatic heterocycles. The van der Waals surface area contributed by atoms with Crippen molar-refractivity contribution in [1.29, 1.82) is 0 Å². The van der Waals surface area contributed by atoms with E-state index in [1.807, 2.05) is 66.7 Å². The highest BCUT2D eigenvalue weighted by molar-refractivity contribution is 7.81. The second-order valence-electron chi connectivity index (χ2n) is 7.63. The Labute approximate surface area is 202 Å². The zero-order chi connectivity index (χ0) is 23.8. The number of thiol groups is 1. The highest BCUT2D eigenvalue weighted by atomic mass is 32.1. The highest BCUT2D eigenvalue weighted by Crippen LogP contribution is 2.29. The van der Waals surface area contributed by atoms with Gasteiger partial charge in [-0.25, -0.2) is 5.10 Å². The van der Waals surface area contributed by atoms with Gasteiger partial charge >= 0.3 is 0 Å². The fourth-order valence-electron chi connectivity index (χ4n) is 3.53. The van der Waals surface area contributed by atoms with Crippen molar-refractivity contribution in [2.75, 3.05) is 13.1 Å². The molecule has 0 bridgehead atoms. The van der Waals surface area contributed by atoms with Gasteiger partial charge in [0.05, 0.1) is 5.25 Å². The first-order chi connectivity index (χ1) is 16.6. The van der Waals surface area contributed by atoms with Crippen LogP contribution in [0.1, 0.15) is 15.9 Å². The van der Waals surface area contributed by atoms with Crippen LogP contribution in [-0.2, 0) is 11.2 Å². The summed E-state index contributed by atoms with van der Waals surface area (Å²) in [4.78, 5) is 24.7. The highest BCUT2D eigenvalue weighted by Gasteiger charge is 2.14. The Morgan fingerprint density at radius 3 is 2.24 bits per heavy atom. The van der Waals surface area contributed by atoms with Crippen molar-refractivity contribution in [3.8, 4) is 22.5 Å². The number of H-pyrrole nitrogens is 1. The zero-order valence-electron chi connectivity index (χ0n) is 18.3. The number of carbonyl (C=O) groups is 2. The molecular formula is C25H24N6O2S. The molecule has 0 saturated heterocycles. The number of hydrogen-bond donors (Lipinski definition) is 4. The molecule has 0 unspecified atom stereocenters. The van der Waals surface area contributed by atoms with Crippen LogP contribution in [0.4, 0.5) is 0 Å². The largest absolute Gasteiger partial charge is 0.353 e. The van der Waals surface area contributed by atoms with E-state index < -0.39 is 5.25 Å². The Morgan fingerprint density at radius 2 is 1.53 bits per heavy atom. The van der Waals surface area contributed by atoms with Gasteiger partial charge in [0.2, 0.25) is 5.91 Å². The van der Waals surface area contributed by atoms with Gasteiger partial charge in [0.1, 0.15) is 0 Å². The molecule has 3 aromatic carbocycles. The number of benzene rings is 3. The summed E-state index contributed by atoms with van der Waals surface area (Å²) in [6, 6.07) is 24.8. The number of nitrogens with zero attached hydrogens (tertiary/aromatic N) is 3. The molecule has 4 aromatic rings. The van der Waals surface area contributed by atoms with E-state index in [-0.39, 0.29) is 11.8 Å². The van der Waals surface area contributed by atoms with E-state index in [1.54, 1.807) is 12.1 Å². The Bertz CT molecular complexity index is 1230. The van der Waals surface area contributed by atoms with Crippen molar-refractivity contribution < 1.29 is 9.59 Å². The average Bonchev–Trinajstić information content (AvgIpc) is 3.42. The predicted octanol–water partition coefficient (Wildman–Crippen LogP) is 2.92. The Hall–Kier alpha value is -3.98. The van der Waals surface area contributed by atoms with E-state index in [9.17, 15) is 9.59 Å². The van der Waals surface area contributed by atoms with Gasteiger partial charge < -0.3 is 10.6 Å². The number of amides is 2. The molecule has 1 aromatic heterocycles. The molecule has 0 saturated carbocycles. The smallest absolute Gasteiger partial charge is 0.251 e. The molecule has 0 aliphatic rings. The second-order valence-corrected chi connectivity index (χ2v) is 8.25. The van der Waals surface area contributed by atoms with Crippen molar-refractivity contribution in [2.24, 2.45) is 0 Å². The molecule has 1 atom stereocenters. The van der Waals surface area contributed by atoms with Crippen LogP contribution in [-0.4, -0.2) is 50.8 Å². The summed E-state index contributed by atoms with van der Waals surface area (Å²) in [5, 5.41) is 19.2. The van der Waals surface area contributed by atoms with Gasteiger partial charge in [0.15, 0.2) is 5.82 Å². The standard InChI is InChI=1S/C25H24N6O2S/c32-24(26-14-15-27-25(33)22(34)16-17-6-2-1-3-7-17)19-12-10-18(11-13-19)20-8-4-5-9-21(20)23-28-30-31-29-23/h1-13,22,34H,14-16H2,(H,26,32)(H,27,33)(H,28,29,30,31)/t22-/m0/s1. The first kappa shape index (κ1) is 23.2. The SMILES string of the molecule is O=C(NCCNC(=O)[C@@H](S)Cc1ccccc1)c1ccc(-c2ccccc2-c2nnn[nH]2)cc1. The summed E-state index contributed by atoms with van der Waals surface area (Å²) in [6.45, 7) is 0.645. The minimum Gasteiger partial charge on any atom is -0.353 e. The van der Waals surface area contributed by atoms with Crippen LogP contribution >= 0.6 is 12.6 Å². The molecular weight excluding hydrogens is 448 g/mol. The lowest BCUT2D eigenvalue weighted by atomic mass is 9.98. The van der Waals surface area contributed by atoms with Crippen LogP contribution in [0.15, 0.2) is 78.9 Å². The second kappa shape index (κ2) is 11.2. The third-order valence-electron chi connectivity index (χ3n) is 5.27. The topological polar surface area (TPSA) is 113 Å². The summed E-state index contributed by atoms with van der Waals surface area (Å²) in [6.07, 6.45) is 0.546. The maximum absolute atomic E-state index is 12.5. The third-order valence-corrected chi connectivity index (χ3v) is 5.69. The molecule has 0 aliphatic carbocycles. The fourth-order valence-corrected chi connectivity index (χ4v) is 3.83. The van der Waals surface area contributed by atoms with Crippen LogP contribution in [0, 0.1) is 0 Å². The maximum atomic E-state index is 12.5. The van der Waals surface area contributed by atoms with Crippen molar-refractivity contribution >= 4 is 24.4 Å². The summed E-state index contributed by atoms with van der Waals surface area (Å²) >= 11 is 4.39. The van der Waals surface area contributed by atoms with Crippen LogP contribution in [0.2, 0.25) is 0 Å². The number of nitrogens with one attached hydrogen (secondary N) is 3. The van der Waals surface area contributed by atoms with E-state index in [2.05, 4.69) is 43.9 Å². The molecule has 0 spiro atoms. The molecule has 1 heterocycles. The van der Waals surface area contributed by atoms with Crippen LogP contribution in [0.25, 0.3) is 22.5 Å². The molecule has 9 heteroatoms. The Balaban J connectivity index is 1.27. The molecule has 4 rings (SSSR count). The van der Waals surface area contributed by atoms with Crippen LogP contribution in [0.5, 0.6) is 0 Å². The average molecular weight is 473 g/mol. The van der Waals surface area contributed by atoms with E-state index in [0.717, 1.165) is 22.3 Å². The molecule has 0 radical (unpaired) electrons. The Morgan fingerprint density at radius 1 is 0.853 bits per heavy atom. The third kappa shape index (κ3) is 5.87. The van der Waals surface area contributed by atoms with Gasteiger partial charge in [-0.15, -0.1) is 5.10 Å². The minimum absolute atomic E-state index is 0.161. The van der Waals surface area contributed by atoms with Crippen LogP contribution < -0.4 is 10.6 Å². The Kier molecular flexibility index (Phi) is 7.67. The molecule has 172 valence electrons. The first-order valence-corrected chi connectivity index (χ1v) is 11.3. The summed E-state index contributed by atoms with van der Waals surface area (Å²) < 4.78 is 0. The monoisotopic (exact) mass is 472 g/mol. The van der Waals surface area contributed by atoms with E-state index >= 15 is 0 Å². The molecule has 0 fully saturated rings. The maximum Gasteiger partial charge on any atom is 0.251 e. The number of aromatic nitrogens is 4. The van der Waals surface area contributed by atoms with E-state index in [4.69, 9.17) is 0 Å². The van der Waals surface area contributed by atoms with Crippen LogP contribution in [0.3, 0.4) is 0 Å². The van der Waals surface area contributed by atoms with Crippen molar-refractivity contribution in [1.82, 2.24) is 31.3 Å². The number of carbonyl (C=O) groups excluding carboxylic acids is 2. The quantitative estimate of drug-likeness (QED) is 0.221. The summed E-state index contributed by atoms with van der Waals surface area (Å²) in [5.41, 5.74) is 4.34. The van der Waals surface area contributed by atoms with Gasteiger partial charge in [-0.05, 0) is 45.7 Å². The molecule has 2 amide bonds. The van der Waals surface area contributed by atoms with Gasteiger partial charge in [0.25, 0.3) is 5.91 Å². The fraction of sp³-hybridized carbons (Fsp3) is 0.160. The van der Waals surface area contributed by atoms with Gasteiger partial charge in [-0.1, -0.05) is 66.7 Å². The zero-order valence-corrected chi connectivity index (χ0v) is 19.2. The minimum atomic E-state index is -0.443. The number of hydrogen-bond acceptors (Lipinski definition) is 6. The lowest BCUT2D eigenvalue weighted by molar-refractivity contribution is -0.120. The van der Waals surface area contributed by atoms with Crippen molar-refractivity contribution in [3.05, 3.63) is 90.0 Å². The molecule has 8 nitrogen and oxygen atoms in total. The van der Waals surface area contributed by atoms with Crippen molar-refractivity contribution in [2.45, 2.75) is 11.7 Å². The van der Waals surface area contributed by atoms with Crippen molar-refractivity contribution in [3.63, 3.8) is 0 Å². The normalized spacial score (nSPS) is 11.6. The first-order valence-electron chi connectivity index (χ1n) is 10.8.